The number of aliphatic carboxylic acids is 1. The number of amides is 3. The minimum atomic E-state index is -1.04. The molecule has 3 aromatic carbocycles. The number of benzene rings is 3. The molecule has 1 aliphatic rings. The van der Waals surface area contributed by atoms with Crippen molar-refractivity contribution in [3.05, 3.63) is 125 Å². The maximum Gasteiger partial charge on any atom is 0.305 e. The van der Waals surface area contributed by atoms with Gasteiger partial charge in [-0.05, 0) is 61.4 Å². The Morgan fingerprint density at radius 3 is 2.29 bits per heavy atom. The molecule has 1 saturated heterocycles. The van der Waals surface area contributed by atoms with Gasteiger partial charge in [-0.3, -0.25) is 24.2 Å². The van der Waals surface area contributed by atoms with Gasteiger partial charge in [0.2, 0.25) is 0 Å². The van der Waals surface area contributed by atoms with E-state index in [2.05, 4.69) is 20.5 Å². The van der Waals surface area contributed by atoms with Crippen molar-refractivity contribution in [3.8, 4) is 0 Å². The molecule has 4 aromatic rings. The van der Waals surface area contributed by atoms with Crippen molar-refractivity contribution in [3.63, 3.8) is 0 Å². The second-order valence-corrected chi connectivity index (χ2v) is 11.0. The van der Waals surface area contributed by atoms with Gasteiger partial charge in [0.05, 0.1) is 29.4 Å². The number of nitrogens with one attached hydrogen (secondary N) is 2. The van der Waals surface area contributed by atoms with Crippen molar-refractivity contribution in [2.75, 3.05) is 36.4 Å². The number of aryl methyl sites for hydroxylation is 1. The number of carboxylic acids is 1. The molecule has 45 heavy (non-hydrogen) atoms. The molecule has 1 aromatic heterocycles. The van der Waals surface area contributed by atoms with Gasteiger partial charge < -0.3 is 25.5 Å². The summed E-state index contributed by atoms with van der Waals surface area (Å²) in [6.45, 7) is 4.11. The van der Waals surface area contributed by atoms with Crippen LogP contribution in [0.4, 0.5) is 11.4 Å². The molecule has 1 unspecified atom stereocenters. The molecule has 3 N–H and O–H groups in total. The van der Waals surface area contributed by atoms with E-state index < -0.39 is 17.9 Å². The molecule has 0 spiro atoms. The molecule has 1 atom stereocenters. The van der Waals surface area contributed by atoms with E-state index in [9.17, 15) is 24.3 Å². The van der Waals surface area contributed by atoms with E-state index in [1.165, 1.54) is 0 Å². The highest BCUT2D eigenvalue weighted by Crippen LogP contribution is 2.30. The number of aromatic nitrogens is 1. The zero-order valence-corrected chi connectivity index (χ0v) is 25.0. The average Bonchev–Trinajstić information content (AvgIpc) is 3.31. The third-order valence-corrected chi connectivity index (χ3v) is 7.74. The number of hydrogen-bond donors (Lipinski definition) is 3. The summed E-state index contributed by atoms with van der Waals surface area (Å²) in [5, 5.41) is 15.4. The van der Waals surface area contributed by atoms with Gasteiger partial charge in [0.15, 0.2) is 0 Å². The summed E-state index contributed by atoms with van der Waals surface area (Å²) in [6, 6.07) is 23.9. The third kappa shape index (κ3) is 7.91. The number of carbonyl (C=O) groups excluding carboxylic acids is 3. The van der Waals surface area contributed by atoms with Gasteiger partial charge in [-0.2, -0.15) is 0 Å². The van der Waals surface area contributed by atoms with E-state index in [-0.39, 0.29) is 23.8 Å². The zero-order valence-electron chi connectivity index (χ0n) is 25.0. The molecule has 0 radical (unpaired) electrons. The second kappa shape index (κ2) is 14.3. The maximum absolute atomic E-state index is 13.5. The van der Waals surface area contributed by atoms with Gasteiger partial charge in [-0.25, -0.2) is 0 Å². The van der Waals surface area contributed by atoms with Crippen molar-refractivity contribution in [2.24, 2.45) is 0 Å². The van der Waals surface area contributed by atoms with Crippen molar-refractivity contribution in [1.29, 1.82) is 0 Å². The molecule has 0 aliphatic carbocycles. The van der Waals surface area contributed by atoms with Crippen LogP contribution in [0.1, 0.15) is 61.1 Å². The van der Waals surface area contributed by atoms with Gasteiger partial charge in [0, 0.05) is 49.7 Å². The minimum Gasteiger partial charge on any atom is -0.481 e. The largest absolute Gasteiger partial charge is 0.481 e. The number of carbonyl (C=O) groups is 4. The van der Waals surface area contributed by atoms with Crippen LogP contribution in [0.3, 0.4) is 0 Å². The molecule has 0 bridgehead atoms. The van der Waals surface area contributed by atoms with Gasteiger partial charge >= 0.3 is 5.97 Å². The van der Waals surface area contributed by atoms with Crippen molar-refractivity contribution in [2.45, 2.75) is 25.8 Å². The smallest absolute Gasteiger partial charge is 0.305 e. The Morgan fingerprint density at radius 1 is 0.822 bits per heavy atom. The Bertz CT molecular complexity index is 1660. The molecule has 1 fully saturated rings. The van der Waals surface area contributed by atoms with E-state index in [4.69, 9.17) is 0 Å². The zero-order chi connectivity index (χ0) is 31.8. The maximum atomic E-state index is 13.5. The Labute approximate surface area is 261 Å². The van der Waals surface area contributed by atoms with E-state index in [1.54, 1.807) is 84.0 Å². The number of anilines is 2. The quantitative estimate of drug-likeness (QED) is 0.246. The predicted octanol–water partition coefficient (Wildman–Crippen LogP) is 4.94. The molecule has 10 heteroatoms. The molecular weight excluding hydrogens is 570 g/mol. The fourth-order valence-electron chi connectivity index (χ4n) is 5.34. The van der Waals surface area contributed by atoms with Crippen LogP contribution in [0.2, 0.25) is 0 Å². The van der Waals surface area contributed by atoms with Crippen LogP contribution >= 0.6 is 0 Å². The minimum absolute atomic E-state index is 0.0842. The number of hydrogen-bond acceptors (Lipinski definition) is 6. The van der Waals surface area contributed by atoms with Gasteiger partial charge in [0.25, 0.3) is 17.7 Å². The van der Waals surface area contributed by atoms with Crippen LogP contribution in [-0.4, -0.2) is 64.9 Å². The molecule has 10 nitrogen and oxygen atoms in total. The molecule has 230 valence electrons. The number of carboxylic acid groups (broad SMARTS) is 1. The summed E-state index contributed by atoms with van der Waals surface area (Å²) >= 11 is 0. The molecular formula is C35H35N5O5. The Balaban J connectivity index is 1.40. The fourth-order valence-corrected chi connectivity index (χ4v) is 5.34. The first kappa shape index (κ1) is 30.9. The average molecular weight is 606 g/mol. The number of pyridine rings is 1. The summed E-state index contributed by atoms with van der Waals surface area (Å²) < 4.78 is 0. The Kier molecular flexibility index (Phi) is 9.83. The highest BCUT2D eigenvalue weighted by atomic mass is 16.4. The predicted molar refractivity (Wildman–Crippen MR) is 171 cm³/mol. The fraction of sp³-hybridized carbons (Fsp3) is 0.229. The molecule has 3 amide bonds. The summed E-state index contributed by atoms with van der Waals surface area (Å²) in [5.41, 5.74) is 4.12. The first-order valence-corrected chi connectivity index (χ1v) is 14.8. The first-order chi connectivity index (χ1) is 21.8. The van der Waals surface area contributed by atoms with Gasteiger partial charge in [0.1, 0.15) is 0 Å². The molecule has 5 rings (SSSR count). The van der Waals surface area contributed by atoms with Crippen LogP contribution in [-0.2, 0) is 4.79 Å². The molecule has 0 saturated carbocycles. The third-order valence-electron chi connectivity index (χ3n) is 7.74. The van der Waals surface area contributed by atoms with Crippen molar-refractivity contribution < 1.29 is 24.3 Å². The Morgan fingerprint density at radius 2 is 1.58 bits per heavy atom. The van der Waals surface area contributed by atoms with Crippen molar-refractivity contribution >= 4 is 35.1 Å². The highest BCUT2D eigenvalue weighted by Gasteiger charge is 2.24. The summed E-state index contributed by atoms with van der Waals surface area (Å²) in [5.74, 6) is -1.92. The van der Waals surface area contributed by atoms with Crippen LogP contribution < -0.4 is 15.5 Å². The van der Waals surface area contributed by atoms with Crippen LogP contribution in [0.15, 0.2) is 97.3 Å². The lowest BCUT2D eigenvalue weighted by molar-refractivity contribution is -0.137. The molecule has 2 heterocycles. The van der Waals surface area contributed by atoms with Crippen molar-refractivity contribution in [1.82, 2.24) is 15.2 Å². The standard InChI is InChI=1S/C35H35N5O5/c1-24-10-12-25(13-11-24)29(22-32(41)42)37-34(44)27-14-15-31(30(21-27)38-33(43)26-7-3-2-4-8-26)39-17-6-18-40(20-19-39)35(45)28-9-5-16-36-23-28/h2-5,7-16,21,23,29H,6,17-20,22H2,1H3,(H,37,44)(H,38,43)(H,41,42). The topological polar surface area (TPSA) is 132 Å². The van der Waals surface area contributed by atoms with Gasteiger partial charge in [-0.15, -0.1) is 0 Å². The van der Waals surface area contributed by atoms with E-state index in [1.807, 2.05) is 25.1 Å². The van der Waals surface area contributed by atoms with E-state index in [0.717, 1.165) is 5.56 Å². The van der Waals surface area contributed by atoms with Crippen LogP contribution in [0, 0.1) is 6.92 Å². The monoisotopic (exact) mass is 605 g/mol. The molecule has 1 aliphatic heterocycles. The van der Waals surface area contributed by atoms with Crippen LogP contribution in [0.5, 0.6) is 0 Å². The summed E-state index contributed by atoms with van der Waals surface area (Å²) in [4.78, 5) is 59.4. The van der Waals surface area contributed by atoms with E-state index >= 15 is 0 Å². The summed E-state index contributed by atoms with van der Waals surface area (Å²) in [7, 11) is 0. The lowest BCUT2D eigenvalue weighted by Gasteiger charge is -2.27. The lowest BCUT2D eigenvalue weighted by atomic mass is 10.0. The van der Waals surface area contributed by atoms with Crippen LogP contribution in [0.25, 0.3) is 0 Å². The highest BCUT2D eigenvalue weighted by molar-refractivity contribution is 6.07. The number of nitrogens with zero attached hydrogens (tertiary/aromatic N) is 3. The Hall–Kier alpha value is -5.51. The first-order valence-electron chi connectivity index (χ1n) is 14.8. The summed E-state index contributed by atoms with van der Waals surface area (Å²) in [6.07, 6.45) is 3.61. The number of rotatable bonds is 9. The SMILES string of the molecule is Cc1ccc(C(CC(=O)O)NC(=O)c2ccc(N3CCCN(C(=O)c4cccnc4)CC3)c(NC(=O)c3ccccc3)c2)cc1. The van der Waals surface area contributed by atoms with Gasteiger partial charge in [-0.1, -0.05) is 48.0 Å². The normalized spacial score (nSPS) is 13.8. The second-order valence-electron chi connectivity index (χ2n) is 11.0. The van der Waals surface area contributed by atoms with E-state index in [0.29, 0.717) is 60.7 Å². The lowest BCUT2D eigenvalue weighted by Crippen LogP contribution is -2.35.